The molecule has 132 valence electrons. The monoisotopic (exact) mass is 340 g/mol. The van der Waals surface area contributed by atoms with Crippen molar-refractivity contribution in [3.05, 3.63) is 47.4 Å². The summed E-state index contributed by atoms with van der Waals surface area (Å²) in [6.07, 6.45) is 2.28. The van der Waals surface area contributed by atoms with E-state index in [0.29, 0.717) is 12.6 Å². The van der Waals surface area contributed by atoms with Crippen LogP contribution in [0.2, 0.25) is 0 Å². The fourth-order valence-electron chi connectivity index (χ4n) is 3.74. The van der Waals surface area contributed by atoms with Crippen molar-refractivity contribution in [2.45, 2.75) is 51.5 Å². The van der Waals surface area contributed by atoms with E-state index in [1.54, 1.807) is 0 Å². The Bertz CT molecular complexity index is 722. The van der Waals surface area contributed by atoms with Gasteiger partial charge < -0.3 is 14.4 Å². The third kappa shape index (κ3) is 3.50. The fourth-order valence-corrected chi connectivity index (χ4v) is 3.74. The first-order valence-corrected chi connectivity index (χ1v) is 8.93. The molecule has 6 nitrogen and oxygen atoms in total. The lowest BCUT2D eigenvalue weighted by Crippen LogP contribution is -2.42. The van der Waals surface area contributed by atoms with Crippen LogP contribution in [0.25, 0.3) is 0 Å². The average molecular weight is 340 g/mol. The molecule has 0 saturated carbocycles. The van der Waals surface area contributed by atoms with E-state index in [0.717, 1.165) is 48.9 Å². The Morgan fingerprint density at radius 2 is 2.08 bits per heavy atom. The van der Waals surface area contributed by atoms with E-state index in [4.69, 9.17) is 9.47 Å². The van der Waals surface area contributed by atoms with Crippen LogP contribution in [-0.2, 0) is 16.1 Å². The molecular formula is C19H24N4O2. The summed E-state index contributed by atoms with van der Waals surface area (Å²) in [7, 11) is 0. The van der Waals surface area contributed by atoms with Crippen LogP contribution in [0.4, 0.5) is 5.82 Å². The van der Waals surface area contributed by atoms with Crippen molar-refractivity contribution in [2.24, 2.45) is 0 Å². The van der Waals surface area contributed by atoms with Gasteiger partial charge in [0.2, 0.25) is 0 Å². The zero-order valence-electron chi connectivity index (χ0n) is 14.8. The Labute approximate surface area is 148 Å². The van der Waals surface area contributed by atoms with Gasteiger partial charge in [-0.1, -0.05) is 6.07 Å². The lowest BCUT2D eigenvalue weighted by molar-refractivity contribution is -0.0789. The maximum Gasteiger partial charge on any atom is 0.151 e. The number of aryl methyl sites for hydroxylation is 2. The van der Waals surface area contributed by atoms with Gasteiger partial charge in [-0.2, -0.15) is 5.10 Å². The quantitative estimate of drug-likeness (QED) is 0.852. The Balaban J connectivity index is 1.49. The number of hydrogen-bond acceptors (Lipinski definition) is 6. The average Bonchev–Trinajstić information content (AvgIpc) is 3.00. The lowest BCUT2D eigenvalue weighted by Gasteiger charge is -2.32. The Morgan fingerprint density at radius 3 is 2.88 bits per heavy atom. The molecule has 3 atom stereocenters. The van der Waals surface area contributed by atoms with Crippen molar-refractivity contribution in [2.75, 3.05) is 18.1 Å². The van der Waals surface area contributed by atoms with Gasteiger partial charge in [0.15, 0.2) is 5.82 Å². The van der Waals surface area contributed by atoms with E-state index in [1.165, 1.54) is 0 Å². The predicted octanol–water partition coefficient (Wildman–Crippen LogP) is 2.44. The van der Waals surface area contributed by atoms with Crippen LogP contribution in [0, 0.1) is 13.8 Å². The topological polar surface area (TPSA) is 60.4 Å². The molecule has 2 aliphatic rings. The molecule has 0 spiro atoms. The van der Waals surface area contributed by atoms with Gasteiger partial charge in [0.05, 0.1) is 24.0 Å². The number of nitrogens with zero attached hydrogens (tertiary/aromatic N) is 4. The van der Waals surface area contributed by atoms with Crippen molar-refractivity contribution < 1.29 is 9.47 Å². The van der Waals surface area contributed by atoms with Gasteiger partial charge in [-0.15, -0.1) is 5.10 Å². The highest BCUT2D eigenvalue weighted by Crippen LogP contribution is 2.33. The van der Waals surface area contributed by atoms with Crippen LogP contribution >= 0.6 is 0 Å². The summed E-state index contributed by atoms with van der Waals surface area (Å²) < 4.78 is 12.3. The summed E-state index contributed by atoms with van der Waals surface area (Å²) in [5.41, 5.74) is 2.90. The van der Waals surface area contributed by atoms with Crippen LogP contribution in [0.3, 0.4) is 0 Å². The SMILES string of the molecule is Cc1ccc(N2C[C@@H](OCc3cccc(C)n3)[C@H]3OCCC[C@H]32)nn1. The van der Waals surface area contributed by atoms with Crippen molar-refractivity contribution in [3.63, 3.8) is 0 Å². The highest BCUT2D eigenvalue weighted by atomic mass is 16.5. The molecule has 0 unspecified atom stereocenters. The van der Waals surface area contributed by atoms with Gasteiger partial charge in [-0.25, -0.2) is 0 Å². The number of hydrogen-bond donors (Lipinski definition) is 0. The van der Waals surface area contributed by atoms with Gasteiger partial charge in [0.25, 0.3) is 0 Å². The zero-order chi connectivity index (χ0) is 17.2. The van der Waals surface area contributed by atoms with E-state index in [-0.39, 0.29) is 12.2 Å². The molecule has 2 aromatic heterocycles. The molecule has 2 saturated heterocycles. The molecule has 0 amide bonds. The van der Waals surface area contributed by atoms with Crippen molar-refractivity contribution in [1.82, 2.24) is 15.2 Å². The maximum absolute atomic E-state index is 6.21. The summed E-state index contributed by atoms with van der Waals surface area (Å²) in [5.74, 6) is 0.908. The third-order valence-electron chi connectivity index (χ3n) is 4.95. The van der Waals surface area contributed by atoms with Crippen molar-refractivity contribution >= 4 is 5.82 Å². The van der Waals surface area contributed by atoms with Crippen LogP contribution in [0.5, 0.6) is 0 Å². The second kappa shape index (κ2) is 7.06. The first-order chi connectivity index (χ1) is 12.2. The molecular weight excluding hydrogens is 316 g/mol. The van der Waals surface area contributed by atoms with Gasteiger partial charge in [-0.05, 0) is 51.0 Å². The Hall–Kier alpha value is -2.05. The highest BCUT2D eigenvalue weighted by Gasteiger charge is 2.45. The van der Waals surface area contributed by atoms with E-state index in [9.17, 15) is 0 Å². The molecule has 2 aliphatic heterocycles. The largest absolute Gasteiger partial charge is 0.373 e. The summed E-state index contributed by atoms with van der Waals surface area (Å²) in [4.78, 5) is 6.82. The smallest absolute Gasteiger partial charge is 0.151 e. The first kappa shape index (κ1) is 16.4. The Kier molecular flexibility index (Phi) is 4.63. The van der Waals surface area contributed by atoms with Gasteiger partial charge >= 0.3 is 0 Å². The van der Waals surface area contributed by atoms with Crippen LogP contribution in [-0.4, -0.2) is 46.6 Å². The molecule has 0 radical (unpaired) electrons. The lowest BCUT2D eigenvalue weighted by atomic mass is 10.0. The summed E-state index contributed by atoms with van der Waals surface area (Å²) in [5, 5.41) is 8.57. The zero-order valence-corrected chi connectivity index (χ0v) is 14.8. The van der Waals surface area contributed by atoms with E-state index in [2.05, 4.69) is 20.1 Å². The summed E-state index contributed by atoms with van der Waals surface area (Å²) in [6.45, 7) is 6.04. The summed E-state index contributed by atoms with van der Waals surface area (Å²) in [6, 6.07) is 10.4. The molecule has 25 heavy (non-hydrogen) atoms. The molecule has 4 heterocycles. The number of anilines is 1. The summed E-state index contributed by atoms with van der Waals surface area (Å²) >= 11 is 0. The normalized spacial score (nSPS) is 25.8. The van der Waals surface area contributed by atoms with Crippen LogP contribution in [0.1, 0.15) is 29.9 Å². The molecule has 2 aromatic rings. The van der Waals surface area contributed by atoms with Gasteiger partial charge in [0, 0.05) is 18.8 Å². The molecule has 0 N–H and O–H groups in total. The van der Waals surface area contributed by atoms with E-state index in [1.807, 2.05) is 44.2 Å². The van der Waals surface area contributed by atoms with E-state index >= 15 is 0 Å². The van der Waals surface area contributed by atoms with Crippen LogP contribution in [0.15, 0.2) is 30.3 Å². The number of pyridine rings is 1. The Morgan fingerprint density at radius 1 is 1.16 bits per heavy atom. The predicted molar refractivity (Wildman–Crippen MR) is 94.4 cm³/mol. The standard InChI is InChI=1S/C19H24N4O2/c1-13-5-3-6-15(20-13)12-25-17-11-23(16-7-4-10-24-19(16)17)18-9-8-14(2)21-22-18/h3,5-6,8-9,16-17,19H,4,7,10-12H2,1-2H3/t16-,17-,19+/m1/s1. The number of fused-ring (bicyclic) bond motifs is 1. The number of ether oxygens (including phenoxy) is 2. The van der Waals surface area contributed by atoms with E-state index < -0.39 is 0 Å². The number of aromatic nitrogens is 3. The molecule has 2 fully saturated rings. The number of rotatable bonds is 4. The first-order valence-electron chi connectivity index (χ1n) is 8.93. The molecule has 0 bridgehead atoms. The minimum atomic E-state index is 0.0238. The minimum absolute atomic E-state index is 0.0238. The van der Waals surface area contributed by atoms with Crippen molar-refractivity contribution in [1.29, 1.82) is 0 Å². The molecule has 0 aliphatic carbocycles. The molecule has 6 heteroatoms. The fraction of sp³-hybridized carbons (Fsp3) is 0.526. The molecule has 0 aromatic carbocycles. The second-order valence-electron chi connectivity index (χ2n) is 6.85. The maximum atomic E-state index is 6.21. The molecule has 4 rings (SSSR count). The van der Waals surface area contributed by atoms with Gasteiger partial charge in [-0.3, -0.25) is 4.98 Å². The second-order valence-corrected chi connectivity index (χ2v) is 6.85. The van der Waals surface area contributed by atoms with Gasteiger partial charge in [0.1, 0.15) is 12.2 Å². The highest BCUT2D eigenvalue weighted by molar-refractivity contribution is 5.42. The minimum Gasteiger partial charge on any atom is -0.373 e. The third-order valence-corrected chi connectivity index (χ3v) is 4.95. The van der Waals surface area contributed by atoms with Crippen molar-refractivity contribution in [3.8, 4) is 0 Å². The van der Waals surface area contributed by atoms with Crippen LogP contribution < -0.4 is 4.90 Å².